The van der Waals surface area contributed by atoms with Gasteiger partial charge in [0.05, 0.1) is 17.0 Å². The fraction of sp³-hybridized carbons (Fsp3) is 0.171. The number of fused-ring (bicyclic) bond motifs is 2. The Morgan fingerprint density at radius 1 is 0.574 bits per heavy atom. The molecular formula is C41H37ClNNdO2S-. The van der Waals surface area contributed by atoms with E-state index in [2.05, 4.69) is 86.7 Å². The molecule has 2 aliphatic rings. The zero-order valence-corrected chi connectivity index (χ0v) is 31.6. The third-order valence-electron chi connectivity index (χ3n) is 9.30. The first-order valence-corrected chi connectivity index (χ1v) is 17.2. The summed E-state index contributed by atoms with van der Waals surface area (Å²) in [4.78, 5) is 0.315. The van der Waals surface area contributed by atoms with Crippen molar-refractivity contribution >= 4 is 22.2 Å². The van der Waals surface area contributed by atoms with Gasteiger partial charge in [0.1, 0.15) is 0 Å². The van der Waals surface area contributed by atoms with Gasteiger partial charge in [-0.15, -0.1) is 0 Å². The van der Waals surface area contributed by atoms with E-state index in [1.165, 1.54) is 0 Å². The average Bonchev–Trinajstić information content (AvgIpc) is 3.64. The number of nitrogens with zero attached hydrogens (tertiary/aromatic N) is 1. The summed E-state index contributed by atoms with van der Waals surface area (Å²) in [6.07, 6.45) is 5.91. The molecule has 0 saturated carbocycles. The van der Waals surface area contributed by atoms with Gasteiger partial charge in [0.15, 0.2) is 0 Å². The van der Waals surface area contributed by atoms with Crippen LogP contribution in [-0.4, -0.2) is 12.7 Å². The summed E-state index contributed by atoms with van der Waals surface area (Å²) in [7, 11) is -4.00. The van der Waals surface area contributed by atoms with Crippen LogP contribution in [-0.2, 0) is 10.0 Å². The molecule has 2 atom stereocenters. The fourth-order valence-electron chi connectivity index (χ4n) is 7.13. The Morgan fingerprint density at radius 3 is 1.40 bits per heavy atom. The Labute approximate surface area is 318 Å². The number of aryl methyl sites for hydroxylation is 1. The van der Waals surface area contributed by atoms with Gasteiger partial charge in [-0.1, -0.05) is 141 Å². The Hall–Kier alpha value is -2.87. The largest absolute Gasteiger partial charge is 1.00 e. The van der Waals surface area contributed by atoms with Crippen LogP contribution in [0, 0.1) is 47.8 Å². The van der Waals surface area contributed by atoms with E-state index in [9.17, 15) is 0 Å². The molecule has 0 spiro atoms. The molecule has 3 nitrogen and oxygen atoms in total. The Kier molecular flexibility index (Phi) is 11.1. The molecule has 0 amide bonds. The van der Waals surface area contributed by atoms with E-state index >= 15 is 8.42 Å². The Bertz CT molecular complexity index is 1940. The van der Waals surface area contributed by atoms with Gasteiger partial charge in [-0.3, -0.25) is 0 Å². The molecule has 0 aromatic heterocycles. The van der Waals surface area contributed by atoms with Gasteiger partial charge < -0.3 is 12.4 Å². The number of benzene rings is 5. The Balaban J connectivity index is 0.00000217. The number of halogens is 1. The molecule has 2 aliphatic carbocycles. The molecule has 2 unspecified atom stereocenters. The van der Waals surface area contributed by atoms with Crippen LogP contribution >= 0.6 is 0 Å². The maximum atomic E-state index is 15.3. The summed E-state index contributed by atoms with van der Waals surface area (Å²) in [5.41, 5.74) is 11.8. The van der Waals surface area contributed by atoms with E-state index in [4.69, 9.17) is 0 Å². The molecule has 0 heterocycles. The number of hydrogen-bond acceptors (Lipinski definition) is 2. The summed E-state index contributed by atoms with van der Waals surface area (Å²) >= 11 is 0. The summed E-state index contributed by atoms with van der Waals surface area (Å²) in [6, 6.07) is 39.8. The summed E-state index contributed by atoms with van der Waals surface area (Å²) in [6.45, 7) is 6.26. The van der Waals surface area contributed by atoms with Gasteiger partial charge in [-0.25, -0.2) is 8.42 Å². The van der Waals surface area contributed by atoms with E-state index in [0.29, 0.717) is 4.90 Å². The molecule has 5 aromatic carbocycles. The van der Waals surface area contributed by atoms with Gasteiger partial charge in [0.2, 0.25) is 10.0 Å². The van der Waals surface area contributed by atoms with Crippen molar-refractivity contribution < 1.29 is 61.7 Å². The van der Waals surface area contributed by atoms with Crippen molar-refractivity contribution in [2.75, 3.05) is 0 Å². The van der Waals surface area contributed by atoms with Gasteiger partial charge in [0, 0.05) is 40.8 Å². The van der Waals surface area contributed by atoms with Crippen LogP contribution in [0.2, 0.25) is 0 Å². The third kappa shape index (κ3) is 6.36. The van der Waals surface area contributed by atoms with Gasteiger partial charge in [0.25, 0.3) is 0 Å². The minimum Gasteiger partial charge on any atom is -1.00 e. The zero-order valence-electron chi connectivity index (χ0n) is 26.8. The molecule has 0 fully saturated rings. The first-order valence-electron chi connectivity index (χ1n) is 15.8. The Morgan fingerprint density at radius 2 is 1.00 bits per heavy atom. The molecule has 0 radical (unpaired) electrons. The number of hydrogen-bond donors (Lipinski definition) is 0. The molecule has 0 saturated heterocycles. The van der Waals surface area contributed by atoms with Crippen LogP contribution in [0.3, 0.4) is 0 Å². The predicted molar refractivity (Wildman–Crippen MR) is 186 cm³/mol. The van der Waals surface area contributed by atoms with Crippen molar-refractivity contribution in [3.63, 3.8) is 0 Å². The fourth-order valence-corrected chi connectivity index (χ4v) is 8.89. The minimum absolute atomic E-state index is 0. The first kappa shape index (κ1) is 35.4. The first-order chi connectivity index (χ1) is 21.9. The van der Waals surface area contributed by atoms with Gasteiger partial charge in [-0.2, -0.15) is 4.31 Å². The average molecular weight is 788 g/mol. The number of sulfonamides is 1. The maximum Gasteiger partial charge on any atom is 0.244 e. The van der Waals surface area contributed by atoms with Crippen LogP contribution in [0.15, 0.2) is 137 Å². The molecule has 0 bridgehead atoms. The van der Waals surface area contributed by atoms with E-state index < -0.39 is 22.1 Å². The molecule has 5 aromatic rings. The summed E-state index contributed by atoms with van der Waals surface area (Å²) in [5.74, 6) is 0. The quantitative estimate of drug-likeness (QED) is 0.164. The second-order valence-electron chi connectivity index (χ2n) is 11.9. The van der Waals surface area contributed by atoms with Crippen molar-refractivity contribution in [2.45, 2.75) is 50.6 Å². The molecule has 0 aliphatic heterocycles. The second-order valence-corrected chi connectivity index (χ2v) is 13.8. The van der Waals surface area contributed by atoms with E-state index in [-0.39, 0.29) is 53.2 Å². The van der Waals surface area contributed by atoms with E-state index in [0.717, 1.165) is 74.1 Å². The maximum absolute atomic E-state index is 15.3. The van der Waals surface area contributed by atoms with Crippen LogP contribution in [0.4, 0.5) is 0 Å². The summed E-state index contributed by atoms with van der Waals surface area (Å²) < 4.78 is 32.5. The topological polar surface area (TPSA) is 37.4 Å². The van der Waals surface area contributed by atoms with E-state index in [1.807, 2.05) is 59.8 Å². The molecule has 6 heteroatoms. The smallest absolute Gasteiger partial charge is 0.244 e. The van der Waals surface area contributed by atoms with Crippen molar-refractivity contribution in [1.29, 1.82) is 0 Å². The van der Waals surface area contributed by atoms with Crippen molar-refractivity contribution in [3.05, 3.63) is 160 Å². The van der Waals surface area contributed by atoms with Crippen LogP contribution in [0.5, 0.6) is 0 Å². The van der Waals surface area contributed by atoms with Crippen LogP contribution in [0.1, 0.15) is 66.6 Å². The molecule has 0 N–H and O–H groups in total. The second kappa shape index (κ2) is 14.7. The minimum atomic E-state index is -4.00. The monoisotopic (exact) mass is 784 g/mol. The standard InChI is InChI=1S/C41H37NO2S.ClH.Nd/c1-4-29-26-33-18-12-20-36(31-14-8-6-9-15-31)38(33)40(29)42(45(43,44)35-24-22-28(3)23-25-35)41-30(5-2)27-34-19-13-21-37(39(34)41)32-16-10-7-11-17-32;;/h6-27,40-41H,4-5H2,1-3H3;1H;/p-1. The molecule has 7 rings (SSSR count). The molecular weight excluding hydrogens is 750 g/mol. The zero-order chi connectivity index (χ0) is 31.1. The summed E-state index contributed by atoms with van der Waals surface area (Å²) in [5, 5.41) is 0. The van der Waals surface area contributed by atoms with Crippen molar-refractivity contribution in [1.82, 2.24) is 4.31 Å². The van der Waals surface area contributed by atoms with Gasteiger partial charge >= 0.3 is 0 Å². The SMILES string of the molecule is CCC1=Cc2cccc(-c3ccccc3)c2C1N(C1C(CC)=Cc2cccc(-c3ccccc3)c21)S(=O)(=O)c1ccc(C)cc1.[Cl-].[Nd]. The van der Waals surface area contributed by atoms with Crippen molar-refractivity contribution in [3.8, 4) is 22.3 Å². The van der Waals surface area contributed by atoms with Gasteiger partial charge in [-0.05, 0) is 87.6 Å². The van der Waals surface area contributed by atoms with E-state index in [1.54, 1.807) is 12.1 Å². The molecule has 47 heavy (non-hydrogen) atoms. The van der Waals surface area contributed by atoms with Crippen molar-refractivity contribution in [2.24, 2.45) is 0 Å². The normalized spacial score (nSPS) is 16.4. The number of rotatable bonds is 8. The third-order valence-corrected chi connectivity index (χ3v) is 11.1. The predicted octanol–water partition coefficient (Wildman–Crippen LogP) is 7.42. The van der Waals surface area contributed by atoms with Crippen LogP contribution in [0.25, 0.3) is 34.4 Å². The molecule has 236 valence electrons. The van der Waals surface area contributed by atoms with Crippen LogP contribution < -0.4 is 12.4 Å².